The second-order valence-electron chi connectivity index (χ2n) is 7.02. The van der Waals surface area contributed by atoms with E-state index in [2.05, 4.69) is 10.2 Å². The molecular formula is C16H29ClN2O. The largest absolute Gasteiger partial charge is 0.343 e. The molecule has 1 N–H and O–H groups in total. The summed E-state index contributed by atoms with van der Waals surface area (Å²) >= 11 is 0. The van der Waals surface area contributed by atoms with Gasteiger partial charge >= 0.3 is 0 Å². The van der Waals surface area contributed by atoms with Crippen LogP contribution in [0.2, 0.25) is 0 Å². The number of halogens is 1. The van der Waals surface area contributed by atoms with E-state index in [-0.39, 0.29) is 12.4 Å². The highest BCUT2D eigenvalue weighted by Gasteiger charge is 2.38. The van der Waals surface area contributed by atoms with Gasteiger partial charge < -0.3 is 10.2 Å². The van der Waals surface area contributed by atoms with Crippen molar-refractivity contribution in [1.82, 2.24) is 10.2 Å². The van der Waals surface area contributed by atoms with Gasteiger partial charge in [0.15, 0.2) is 0 Å². The molecule has 20 heavy (non-hydrogen) atoms. The van der Waals surface area contributed by atoms with Crippen molar-refractivity contribution in [3.05, 3.63) is 0 Å². The third-order valence-electron chi connectivity index (χ3n) is 5.70. The molecule has 0 unspecified atom stereocenters. The van der Waals surface area contributed by atoms with Crippen LogP contribution in [0.3, 0.4) is 0 Å². The van der Waals surface area contributed by atoms with Crippen molar-refractivity contribution in [3.63, 3.8) is 0 Å². The Bertz CT molecular complexity index is 312. The Morgan fingerprint density at radius 1 is 1.10 bits per heavy atom. The van der Waals surface area contributed by atoms with Crippen LogP contribution in [-0.2, 0) is 4.79 Å². The van der Waals surface area contributed by atoms with Crippen LogP contribution in [-0.4, -0.2) is 37.0 Å². The number of likely N-dealkylation sites (tertiary alicyclic amines) is 1. The molecule has 3 rings (SSSR count). The number of hydrogen-bond donors (Lipinski definition) is 1. The molecule has 0 atom stereocenters. The molecule has 1 aliphatic carbocycles. The zero-order chi connectivity index (χ0) is 13.1. The van der Waals surface area contributed by atoms with Gasteiger partial charge in [0.25, 0.3) is 0 Å². The van der Waals surface area contributed by atoms with Gasteiger partial charge in [0.1, 0.15) is 0 Å². The van der Waals surface area contributed by atoms with Gasteiger partial charge in [0.05, 0.1) is 0 Å². The molecule has 2 saturated heterocycles. The van der Waals surface area contributed by atoms with E-state index in [1.807, 2.05) is 0 Å². The second-order valence-corrected chi connectivity index (χ2v) is 7.02. The lowest BCUT2D eigenvalue weighted by molar-refractivity contribution is -0.134. The molecule has 4 heteroatoms. The quantitative estimate of drug-likeness (QED) is 0.850. The van der Waals surface area contributed by atoms with Crippen LogP contribution in [0.15, 0.2) is 0 Å². The highest BCUT2D eigenvalue weighted by atomic mass is 35.5. The Hall–Kier alpha value is -0.280. The van der Waals surface area contributed by atoms with E-state index in [9.17, 15) is 4.79 Å². The normalized spacial score (nSPS) is 26.5. The first kappa shape index (κ1) is 16.1. The van der Waals surface area contributed by atoms with E-state index >= 15 is 0 Å². The Labute approximate surface area is 129 Å². The Kier molecular flexibility index (Phi) is 5.74. The smallest absolute Gasteiger partial charge is 0.222 e. The number of carbonyl (C=O) groups is 1. The van der Waals surface area contributed by atoms with Crippen molar-refractivity contribution < 1.29 is 4.79 Å². The first-order valence-corrected chi connectivity index (χ1v) is 8.26. The van der Waals surface area contributed by atoms with Crippen molar-refractivity contribution in [3.8, 4) is 0 Å². The van der Waals surface area contributed by atoms with Gasteiger partial charge in [-0.25, -0.2) is 0 Å². The molecule has 116 valence electrons. The average Bonchev–Trinajstić information content (AvgIpc) is 2.89. The third kappa shape index (κ3) is 3.67. The fourth-order valence-electron chi connectivity index (χ4n) is 4.22. The van der Waals surface area contributed by atoms with Crippen LogP contribution >= 0.6 is 12.4 Å². The first-order chi connectivity index (χ1) is 9.27. The van der Waals surface area contributed by atoms with Crippen LogP contribution in [0.25, 0.3) is 0 Å². The van der Waals surface area contributed by atoms with E-state index in [4.69, 9.17) is 0 Å². The fourth-order valence-corrected chi connectivity index (χ4v) is 4.22. The zero-order valence-electron chi connectivity index (χ0n) is 12.5. The number of rotatable bonds is 2. The van der Waals surface area contributed by atoms with Gasteiger partial charge in [0.2, 0.25) is 5.91 Å². The summed E-state index contributed by atoms with van der Waals surface area (Å²) in [5.41, 5.74) is 0.529. The number of carbonyl (C=O) groups excluding carboxylic acids is 1. The minimum absolute atomic E-state index is 0. The Morgan fingerprint density at radius 3 is 2.40 bits per heavy atom. The number of piperidine rings is 1. The molecule has 0 aromatic carbocycles. The van der Waals surface area contributed by atoms with Crippen LogP contribution in [0, 0.1) is 11.3 Å². The van der Waals surface area contributed by atoms with Crippen LogP contribution in [0.5, 0.6) is 0 Å². The third-order valence-corrected chi connectivity index (χ3v) is 5.70. The van der Waals surface area contributed by atoms with Gasteiger partial charge in [-0.1, -0.05) is 19.3 Å². The topological polar surface area (TPSA) is 32.3 Å². The van der Waals surface area contributed by atoms with Crippen molar-refractivity contribution in [2.45, 2.75) is 57.8 Å². The van der Waals surface area contributed by atoms with Gasteiger partial charge in [0, 0.05) is 26.1 Å². The Balaban J connectivity index is 0.00000147. The summed E-state index contributed by atoms with van der Waals surface area (Å²) in [4.78, 5) is 14.5. The minimum Gasteiger partial charge on any atom is -0.343 e. The van der Waals surface area contributed by atoms with Gasteiger partial charge in [-0.2, -0.15) is 0 Å². The van der Waals surface area contributed by atoms with E-state index in [0.717, 1.165) is 19.5 Å². The number of nitrogens with zero attached hydrogens (tertiary/aromatic N) is 1. The molecule has 0 aromatic rings. The highest BCUT2D eigenvalue weighted by Crippen LogP contribution is 2.37. The molecule has 2 aliphatic heterocycles. The summed E-state index contributed by atoms with van der Waals surface area (Å²) in [6.45, 7) is 4.37. The SMILES string of the molecule is Cl.O=C(CC1CCCCC1)N1CCC2(CCNC2)CC1. The number of hydrogen-bond acceptors (Lipinski definition) is 2. The number of nitrogens with one attached hydrogen (secondary N) is 1. The maximum Gasteiger partial charge on any atom is 0.222 e. The lowest BCUT2D eigenvalue weighted by atomic mass is 9.77. The summed E-state index contributed by atoms with van der Waals surface area (Å²) in [6, 6.07) is 0. The molecule has 3 fully saturated rings. The monoisotopic (exact) mass is 300 g/mol. The molecule has 1 amide bonds. The maximum atomic E-state index is 12.4. The van der Waals surface area contributed by atoms with Gasteiger partial charge in [-0.15, -0.1) is 12.4 Å². The minimum atomic E-state index is 0. The molecular weight excluding hydrogens is 272 g/mol. The van der Waals surface area contributed by atoms with Gasteiger partial charge in [-0.3, -0.25) is 4.79 Å². The molecule has 2 heterocycles. The molecule has 0 radical (unpaired) electrons. The van der Waals surface area contributed by atoms with Crippen LogP contribution in [0.1, 0.15) is 57.8 Å². The number of amides is 1. The van der Waals surface area contributed by atoms with Crippen LogP contribution < -0.4 is 5.32 Å². The van der Waals surface area contributed by atoms with E-state index in [0.29, 0.717) is 17.2 Å². The summed E-state index contributed by atoms with van der Waals surface area (Å²) in [5.74, 6) is 1.12. The maximum absolute atomic E-state index is 12.4. The lowest BCUT2D eigenvalue weighted by Gasteiger charge is -2.39. The summed E-state index contributed by atoms with van der Waals surface area (Å²) in [6.07, 6.45) is 11.2. The summed E-state index contributed by atoms with van der Waals surface area (Å²) < 4.78 is 0. The van der Waals surface area contributed by atoms with Crippen molar-refractivity contribution in [2.24, 2.45) is 11.3 Å². The zero-order valence-corrected chi connectivity index (χ0v) is 13.3. The molecule has 0 bridgehead atoms. The molecule has 3 aliphatic rings. The second kappa shape index (κ2) is 7.13. The van der Waals surface area contributed by atoms with Crippen molar-refractivity contribution >= 4 is 18.3 Å². The highest BCUT2D eigenvalue weighted by molar-refractivity contribution is 5.85. The molecule has 0 aromatic heterocycles. The lowest BCUT2D eigenvalue weighted by Crippen LogP contribution is -2.44. The molecule has 1 saturated carbocycles. The predicted molar refractivity (Wildman–Crippen MR) is 84.2 cm³/mol. The van der Waals surface area contributed by atoms with Crippen molar-refractivity contribution in [1.29, 1.82) is 0 Å². The van der Waals surface area contributed by atoms with E-state index < -0.39 is 0 Å². The predicted octanol–water partition coefficient (Wildman–Crippen LogP) is 2.98. The first-order valence-electron chi connectivity index (χ1n) is 8.26. The molecule has 1 spiro atoms. The van der Waals surface area contributed by atoms with Crippen molar-refractivity contribution in [2.75, 3.05) is 26.2 Å². The molecule has 3 nitrogen and oxygen atoms in total. The fraction of sp³-hybridized carbons (Fsp3) is 0.938. The van der Waals surface area contributed by atoms with E-state index in [1.165, 1.54) is 64.5 Å². The standard InChI is InChI=1S/C16H28N2O.ClH/c19-15(12-14-4-2-1-3-5-14)18-10-7-16(8-11-18)6-9-17-13-16;/h14,17H,1-13H2;1H. The van der Waals surface area contributed by atoms with E-state index in [1.54, 1.807) is 0 Å². The van der Waals surface area contributed by atoms with Crippen LogP contribution in [0.4, 0.5) is 0 Å². The van der Waals surface area contributed by atoms with Gasteiger partial charge in [-0.05, 0) is 50.0 Å². The summed E-state index contributed by atoms with van der Waals surface area (Å²) in [7, 11) is 0. The summed E-state index contributed by atoms with van der Waals surface area (Å²) in [5, 5.41) is 3.49. The average molecular weight is 301 g/mol. The Morgan fingerprint density at radius 2 is 1.80 bits per heavy atom.